The Morgan fingerprint density at radius 1 is 0.906 bits per heavy atom. The van der Waals surface area contributed by atoms with Crippen molar-refractivity contribution in [3.63, 3.8) is 0 Å². The second-order valence-corrected chi connectivity index (χ2v) is 14.5. The molecule has 0 aliphatic carbocycles. The van der Waals surface area contributed by atoms with Crippen LogP contribution in [0.25, 0.3) is 11.0 Å². The van der Waals surface area contributed by atoms with Gasteiger partial charge in [-0.1, -0.05) is 47.8 Å². The predicted molar refractivity (Wildman–Crippen MR) is 207 cm³/mol. The number of carbonyl (C=O) groups excluding carboxylic acids is 2. The fraction of sp³-hybridized carbons (Fsp3) is 0.475. The lowest BCUT2D eigenvalue weighted by Crippen LogP contribution is -2.46. The molecule has 0 N–H and O–H groups in total. The Hall–Kier alpha value is -3.87. The fourth-order valence-electron chi connectivity index (χ4n) is 7.55. The lowest BCUT2D eigenvalue weighted by atomic mass is 9.92. The molecule has 13 heteroatoms. The number of halogens is 2. The zero-order valence-electron chi connectivity index (χ0n) is 31.0. The third-order valence-corrected chi connectivity index (χ3v) is 11.2. The number of likely N-dealkylation sites (N-methyl/N-ethyl adjacent to an activating group) is 1. The quantitative estimate of drug-likeness (QED) is 0.123. The number of para-hydroxylation sites is 2. The largest absolute Gasteiger partial charge is 0.493 e. The maximum Gasteiger partial charge on any atom is 0.253 e. The smallest absolute Gasteiger partial charge is 0.253 e. The summed E-state index contributed by atoms with van der Waals surface area (Å²) in [6, 6.07) is 16.7. The van der Waals surface area contributed by atoms with Gasteiger partial charge in [0.15, 0.2) is 17.3 Å². The van der Waals surface area contributed by atoms with E-state index in [0.717, 1.165) is 75.3 Å². The van der Waals surface area contributed by atoms with Crippen LogP contribution >= 0.6 is 23.2 Å². The van der Waals surface area contributed by atoms with E-state index in [1.54, 1.807) is 30.1 Å². The van der Waals surface area contributed by atoms with Crippen LogP contribution in [0.5, 0.6) is 17.2 Å². The first-order chi connectivity index (χ1) is 25.7. The lowest BCUT2D eigenvalue weighted by molar-refractivity contribution is 0.0363. The van der Waals surface area contributed by atoms with Crippen LogP contribution < -0.4 is 14.2 Å². The number of piperidine rings is 1. The van der Waals surface area contributed by atoms with Crippen LogP contribution in [-0.2, 0) is 11.3 Å². The van der Waals surface area contributed by atoms with E-state index in [0.29, 0.717) is 64.7 Å². The minimum absolute atomic E-state index is 0.0589. The summed E-state index contributed by atoms with van der Waals surface area (Å²) < 4.78 is 24.1. The molecule has 53 heavy (non-hydrogen) atoms. The van der Waals surface area contributed by atoms with Gasteiger partial charge >= 0.3 is 0 Å². The number of aromatic nitrogens is 2. The molecule has 1 aromatic heterocycles. The number of ketones is 1. The number of methoxy groups -OCH3 is 3. The summed E-state index contributed by atoms with van der Waals surface area (Å²) in [6.45, 7) is 6.59. The van der Waals surface area contributed by atoms with Crippen molar-refractivity contribution in [3.8, 4) is 17.2 Å². The van der Waals surface area contributed by atoms with E-state index in [9.17, 15) is 9.59 Å². The molecule has 4 aromatic rings. The second kappa shape index (κ2) is 18.0. The van der Waals surface area contributed by atoms with E-state index in [-0.39, 0.29) is 23.7 Å². The number of hydrogen-bond acceptors (Lipinski definition) is 9. The highest BCUT2D eigenvalue weighted by molar-refractivity contribution is 6.42. The number of carbonyl (C=O) groups is 2. The molecule has 2 fully saturated rings. The highest BCUT2D eigenvalue weighted by Gasteiger charge is 2.33. The molecular formula is C40H49Cl2N5O6. The summed E-state index contributed by atoms with van der Waals surface area (Å²) in [5, 5.41) is 0.920. The zero-order chi connectivity index (χ0) is 37.5. The van der Waals surface area contributed by atoms with Crippen LogP contribution in [0.3, 0.4) is 0 Å². The molecule has 3 aromatic carbocycles. The number of likely N-dealkylation sites (tertiary alicyclic amines) is 1. The Balaban J connectivity index is 1.22. The Kier molecular flexibility index (Phi) is 13.2. The number of amides is 1. The number of imidazole rings is 1. The van der Waals surface area contributed by atoms with Crippen molar-refractivity contribution in [2.45, 2.75) is 44.2 Å². The van der Waals surface area contributed by atoms with Crippen LogP contribution in [0.1, 0.15) is 58.1 Å². The fourth-order valence-corrected chi connectivity index (χ4v) is 7.86. The maximum atomic E-state index is 14.5. The number of morpholine rings is 1. The van der Waals surface area contributed by atoms with E-state index >= 15 is 0 Å². The van der Waals surface area contributed by atoms with Crippen molar-refractivity contribution in [1.29, 1.82) is 0 Å². The average Bonchev–Trinajstić information content (AvgIpc) is 3.57. The Morgan fingerprint density at radius 2 is 1.64 bits per heavy atom. The Bertz CT molecular complexity index is 1870. The van der Waals surface area contributed by atoms with Gasteiger partial charge in [0.2, 0.25) is 11.5 Å². The number of Topliss-reactive ketones (excluding diaryl/α,β-unsaturated/α-hetero) is 1. The van der Waals surface area contributed by atoms with E-state index in [2.05, 4.69) is 20.4 Å². The zero-order valence-corrected chi connectivity index (χ0v) is 32.5. The number of benzene rings is 3. The first-order valence-electron chi connectivity index (χ1n) is 18.3. The summed E-state index contributed by atoms with van der Waals surface area (Å²) in [4.78, 5) is 39.7. The monoisotopic (exact) mass is 765 g/mol. The van der Waals surface area contributed by atoms with E-state index in [1.807, 2.05) is 30.3 Å². The molecule has 2 atom stereocenters. The molecule has 0 bridgehead atoms. The molecule has 2 unspecified atom stereocenters. The van der Waals surface area contributed by atoms with Gasteiger partial charge < -0.3 is 28.4 Å². The van der Waals surface area contributed by atoms with Gasteiger partial charge in [0, 0.05) is 51.3 Å². The summed E-state index contributed by atoms with van der Waals surface area (Å²) in [5.74, 6) is 1.51. The number of fused-ring (bicyclic) bond motifs is 1. The average molecular weight is 767 g/mol. The molecular weight excluding hydrogens is 717 g/mol. The van der Waals surface area contributed by atoms with E-state index in [1.165, 1.54) is 21.3 Å². The third-order valence-electron chi connectivity index (χ3n) is 10.5. The first-order valence-corrected chi connectivity index (χ1v) is 19.0. The van der Waals surface area contributed by atoms with Gasteiger partial charge in [-0.3, -0.25) is 19.4 Å². The number of nitrogens with zero attached hydrogens (tertiary/aromatic N) is 5. The van der Waals surface area contributed by atoms with Crippen LogP contribution in [-0.4, -0.2) is 123 Å². The predicted octanol–water partition coefficient (Wildman–Crippen LogP) is 6.68. The molecule has 6 rings (SSSR count). The van der Waals surface area contributed by atoms with Crippen molar-refractivity contribution in [1.82, 2.24) is 24.3 Å². The first kappa shape index (κ1) is 38.8. The molecule has 1 amide bonds. The van der Waals surface area contributed by atoms with Gasteiger partial charge in [-0.15, -0.1) is 0 Å². The number of hydrogen-bond donors (Lipinski definition) is 0. The summed E-state index contributed by atoms with van der Waals surface area (Å²) in [7, 11) is 6.36. The SMILES string of the molecule is COc1cc(C(=O)N(C)CC(CCN2CCCCC2C(=O)c2nc3ccccc3n2CCN2CCOCC2)c2ccc(Cl)c(Cl)c2)cc(OC)c1OC. The molecule has 2 aliphatic heterocycles. The van der Waals surface area contributed by atoms with Crippen LogP contribution in [0, 0.1) is 0 Å². The summed E-state index contributed by atoms with van der Waals surface area (Å²) in [5.41, 5.74) is 3.19. The molecule has 11 nitrogen and oxygen atoms in total. The van der Waals surface area contributed by atoms with Crippen LogP contribution in [0.2, 0.25) is 10.0 Å². The minimum atomic E-state index is -0.296. The van der Waals surface area contributed by atoms with Gasteiger partial charge in [0.1, 0.15) is 0 Å². The highest BCUT2D eigenvalue weighted by Crippen LogP contribution is 2.39. The van der Waals surface area contributed by atoms with Crippen LogP contribution in [0.15, 0.2) is 54.6 Å². The van der Waals surface area contributed by atoms with Crippen molar-refractivity contribution in [2.24, 2.45) is 0 Å². The number of rotatable bonds is 15. The van der Waals surface area contributed by atoms with Crippen molar-refractivity contribution >= 4 is 45.9 Å². The molecule has 0 spiro atoms. The standard InChI is InChI=1S/C40H49Cl2N5O6/c1-44(40(49)29-24-35(50-2)38(52-4)36(25-29)51-3)26-28(27-12-13-30(41)31(42)23-27)14-16-46-15-8-7-11-34(46)37(48)39-43-32-9-5-6-10-33(32)47(39)18-17-45-19-21-53-22-20-45/h5-6,9-10,12-13,23-25,28,34H,7-8,11,14-22,26H2,1-4H3. The second-order valence-electron chi connectivity index (χ2n) is 13.7. The molecule has 2 saturated heterocycles. The van der Waals surface area contributed by atoms with Gasteiger partial charge in [-0.25, -0.2) is 4.98 Å². The summed E-state index contributed by atoms with van der Waals surface area (Å²) in [6.07, 6.45) is 3.43. The van der Waals surface area contributed by atoms with Crippen molar-refractivity contribution in [3.05, 3.63) is 81.6 Å². The topological polar surface area (TPSA) is 98.6 Å². The van der Waals surface area contributed by atoms with Gasteiger partial charge in [-0.2, -0.15) is 0 Å². The normalized spacial score (nSPS) is 17.4. The maximum absolute atomic E-state index is 14.5. The Labute approximate surface area is 321 Å². The van der Waals surface area contributed by atoms with E-state index in [4.69, 9.17) is 47.1 Å². The Morgan fingerprint density at radius 3 is 2.34 bits per heavy atom. The molecule has 0 saturated carbocycles. The van der Waals surface area contributed by atoms with Crippen LogP contribution in [0.4, 0.5) is 0 Å². The highest BCUT2D eigenvalue weighted by atomic mass is 35.5. The van der Waals surface area contributed by atoms with Gasteiger partial charge in [-0.05, 0) is 74.3 Å². The van der Waals surface area contributed by atoms with E-state index < -0.39 is 0 Å². The summed E-state index contributed by atoms with van der Waals surface area (Å²) >= 11 is 12.9. The third kappa shape index (κ3) is 8.92. The molecule has 0 radical (unpaired) electrons. The minimum Gasteiger partial charge on any atom is -0.493 e. The lowest BCUT2D eigenvalue weighted by Gasteiger charge is -2.36. The van der Waals surface area contributed by atoms with Gasteiger partial charge in [0.05, 0.1) is 61.7 Å². The molecule has 2 aliphatic rings. The van der Waals surface area contributed by atoms with Crippen molar-refractivity contribution < 1.29 is 28.5 Å². The van der Waals surface area contributed by atoms with Gasteiger partial charge in [0.25, 0.3) is 5.91 Å². The molecule has 3 heterocycles. The number of ether oxygens (including phenoxy) is 4. The van der Waals surface area contributed by atoms with Crippen molar-refractivity contribution in [2.75, 3.05) is 80.9 Å². The molecule has 284 valence electrons.